The van der Waals surface area contributed by atoms with Crippen molar-refractivity contribution in [1.29, 1.82) is 0 Å². The molecule has 5 radical (unpaired) electrons. The van der Waals surface area contributed by atoms with Crippen LogP contribution >= 0.6 is 63.1 Å². The SMILES string of the molecule is CCCCCCC1CCC(COc2ccc([S])cc2)CC1.CCCCCCC1CCC(COc2ccc([S])cc2)CC1.CCCCCCC1CCC(COc2ccc([S])cc2)CC1.CCCCCCC1CCC(COc2ccc([S])cc2)CC1.CCCCCCC1CCC(COc2ccc([S])cc2)CC1.F.F.F.F.F. The lowest BCUT2D eigenvalue weighted by atomic mass is 9.80. The minimum Gasteiger partial charge on any atom is -0.493 e. The zero-order chi connectivity index (χ0) is 74.6. The second-order valence-corrected chi connectivity index (χ2v) is 34.9. The van der Waals surface area contributed by atoms with E-state index in [-0.39, 0.29) is 23.5 Å². The molecule has 10 rings (SSSR count). The van der Waals surface area contributed by atoms with Gasteiger partial charge in [-0.05, 0) is 245 Å². The van der Waals surface area contributed by atoms with Gasteiger partial charge < -0.3 is 23.7 Å². The molecule has 5 nitrogen and oxygen atoms in total. The molecule has 15 heteroatoms. The summed E-state index contributed by atoms with van der Waals surface area (Å²) in [5.41, 5.74) is 0. The first-order valence-corrected chi connectivity index (χ1v) is 45.4. The standard InChI is InChI=1S/5C19H29OS.5FH/c5*1-2-3-4-5-6-16-7-9-17(10-8-16)15-20-18-11-13-19(21)14-12-18;;;;;/h5*11-14,16-17H,2-10,15H2,1H3;5*1H. The molecule has 110 heavy (non-hydrogen) atoms. The summed E-state index contributed by atoms with van der Waals surface area (Å²) in [6, 6.07) is 39.3. The molecule has 0 saturated heterocycles. The molecule has 0 aliphatic heterocycles. The van der Waals surface area contributed by atoms with Gasteiger partial charge in [0.2, 0.25) is 0 Å². The van der Waals surface area contributed by atoms with E-state index in [2.05, 4.69) is 34.6 Å². The summed E-state index contributed by atoms with van der Waals surface area (Å²) in [5, 5.41) is 0. The Morgan fingerprint density at radius 2 is 0.318 bits per heavy atom. The first-order valence-electron chi connectivity index (χ1n) is 43.4. The molecule has 0 unspecified atom stereocenters. The second-order valence-electron chi connectivity index (χ2n) is 32.6. The van der Waals surface area contributed by atoms with Crippen LogP contribution in [-0.2, 0) is 0 Å². The number of ether oxygens (including phenoxy) is 5. The van der Waals surface area contributed by atoms with Crippen LogP contribution in [0.3, 0.4) is 0 Å². The monoisotopic (exact) mass is 1630 g/mol. The molecule has 5 fully saturated rings. The molecule has 0 bridgehead atoms. The fourth-order valence-corrected chi connectivity index (χ4v) is 17.2. The van der Waals surface area contributed by atoms with Crippen LogP contribution < -0.4 is 23.7 Å². The van der Waals surface area contributed by atoms with Crippen LogP contribution in [0.2, 0.25) is 0 Å². The molecule has 5 saturated carbocycles. The second kappa shape index (κ2) is 66.0. The van der Waals surface area contributed by atoms with Crippen LogP contribution in [0.25, 0.3) is 0 Å². The zero-order valence-corrected chi connectivity index (χ0v) is 72.9. The Bertz CT molecular complexity index is 2370. The van der Waals surface area contributed by atoms with E-state index in [1.165, 1.54) is 289 Å². The van der Waals surface area contributed by atoms with Gasteiger partial charge in [0.1, 0.15) is 28.7 Å². The largest absolute Gasteiger partial charge is 0.493 e. The minimum atomic E-state index is 0. The van der Waals surface area contributed by atoms with Gasteiger partial charge in [-0.1, -0.05) is 322 Å². The highest BCUT2D eigenvalue weighted by atomic mass is 32.1. The first-order chi connectivity index (χ1) is 51.4. The van der Waals surface area contributed by atoms with Gasteiger partial charge >= 0.3 is 0 Å². The fourth-order valence-electron chi connectivity index (χ4n) is 16.5. The summed E-state index contributed by atoms with van der Waals surface area (Å²) >= 11 is 25.4. The molecule has 0 atom stereocenters. The molecule has 0 N–H and O–H groups in total. The first kappa shape index (κ1) is 104. The third-order valence-corrected chi connectivity index (χ3v) is 25.1. The lowest BCUT2D eigenvalue weighted by Crippen LogP contribution is -2.20. The van der Waals surface area contributed by atoms with Crippen molar-refractivity contribution in [3.8, 4) is 28.7 Å². The molecular weight excluding hydrogens is 1480 g/mol. The fraction of sp³-hybridized carbons (Fsp3) is 0.684. The molecule has 5 aliphatic rings. The highest BCUT2D eigenvalue weighted by Gasteiger charge is 2.26. The predicted molar refractivity (Wildman–Crippen MR) is 473 cm³/mol. The lowest BCUT2D eigenvalue weighted by Gasteiger charge is -2.28. The van der Waals surface area contributed by atoms with E-state index < -0.39 is 0 Å². The number of halogens is 5. The Labute approximate surface area is 695 Å². The average Bonchev–Trinajstić information content (AvgIpc) is 0.911. The Morgan fingerprint density at radius 1 is 0.191 bits per heavy atom. The Kier molecular flexibility index (Phi) is 62.4. The molecule has 0 amide bonds. The Balaban J connectivity index is 0.000000680. The summed E-state index contributed by atoms with van der Waals surface area (Å²) in [6.07, 6.45) is 62.9. The molecule has 0 spiro atoms. The van der Waals surface area contributed by atoms with Crippen LogP contribution in [0.4, 0.5) is 23.5 Å². The maximum atomic E-state index is 5.90. The molecule has 5 aromatic carbocycles. The van der Waals surface area contributed by atoms with Gasteiger partial charge in [0.25, 0.3) is 0 Å². The summed E-state index contributed by atoms with van der Waals surface area (Å²) in [6.45, 7) is 15.8. The van der Waals surface area contributed by atoms with Crippen molar-refractivity contribution in [3.63, 3.8) is 0 Å². The highest BCUT2D eigenvalue weighted by Crippen LogP contribution is 2.38. The highest BCUT2D eigenvalue weighted by molar-refractivity contribution is 7.81. The molecular formula is C95H150F5O5S5. The molecule has 5 aliphatic carbocycles. The van der Waals surface area contributed by atoms with Gasteiger partial charge in [0.05, 0.1) is 33.0 Å². The van der Waals surface area contributed by atoms with Crippen LogP contribution in [0, 0.1) is 59.2 Å². The molecule has 0 heterocycles. The average molecular weight is 1630 g/mol. The van der Waals surface area contributed by atoms with Crippen molar-refractivity contribution in [2.24, 2.45) is 59.2 Å². The van der Waals surface area contributed by atoms with E-state index in [4.69, 9.17) is 86.8 Å². The number of unbranched alkanes of at least 4 members (excludes halogenated alkanes) is 15. The number of benzene rings is 5. The third kappa shape index (κ3) is 48.3. The van der Waals surface area contributed by atoms with Gasteiger partial charge in [-0.2, -0.15) is 0 Å². The summed E-state index contributed by atoms with van der Waals surface area (Å²) in [5.74, 6) is 13.5. The van der Waals surface area contributed by atoms with E-state index >= 15 is 0 Å². The van der Waals surface area contributed by atoms with Gasteiger partial charge in [-0.25, -0.2) is 0 Å². The Hall–Kier alpha value is -4.15. The topological polar surface area (TPSA) is 46.2 Å². The minimum absolute atomic E-state index is 0. The maximum absolute atomic E-state index is 5.90. The van der Waals surface area contributed by atoms with E-state index in [0.717, 1.165) is 145 Å². The van der Waals surface area contributed by atoms with Crippen molar-refractivity contribution >= 4 is 63.1 Å². The summed E-state index contributed by atoms with van der Waals surface area (Å²) in [7, 11) is 0. The van der Waals surface area contributed by atoms with Crippen LogP contribution in [-0.4, -0.2) is 33.0 Å². The third-order valence-electron chi connectivity index (χ3n) is 23.7. The number of hydrogen-bond donors (Lipinski definition) is 0. The summed E-state index contributed by atoms with van der Waals surface area (Å²) < 4.78 is 29.5. The molecule has 625 valence electrons. The van der Waals surface area contributed by atoms with Crippen LogP contribution in [0.5, 0.6) is 28.7 Å². The molecule has 0 aromatic heterocycles. The zero-order valence-electron chi connectivity index (χ0n) is 68.8. The maximum Gasteiger partial charge on any atom is 0.119 e. The lowest BCUT2D eigenvalue weighted by molar-refractivity contribution is 0.177. The van der Waals surface area contributed by atoms with E-state index in [0.29, 0.717) is 0 Å². The summed E-state index contributed by atoms with van der Waals surface area (Å²) in [4.78, 5) is 4.40. The van der Waals surface area contributed by atoms with E-state index in [1.807, 2.05) is 121 Å². The van der Waals surface area contributed by atoms with Crippen molar-refractivity contribution in [2.45, 2.75) is 348 Å². The van der Waals surface area contributed by atoms with Crippen LogP contribution in [0.15, 0.2) is 146 Å². The van der Waals surface area contributed by atoms with Crippen molar-refractivity contribution < 1.29 is 47.2 Å². The normalized spacial score (nSPS) is 21.1. The number of hydrogen-bond acceptors (Lipinski definition) is 5. The van der Waals surface area contributed by atoms with Crippen molar-refractivity contribution in [3.05, 3.63) is 121 Å². The van der Waals surface area contributed by atoms with Gasteiger partial charge in [0.15, 0.2) is 0 Å². The van der Waals surface area contributed by atoms with Gasteiger partial charge in [-0.15, -0.1) is 0 Å². The van der Waals surface area contributed by atoms with Gasteiger partial charge in [-0.3, -0.25) is 23.5 Å². The van der Waals surface area contributed by atoms with E-state index in [1.54, 1.807) is 0 Å². The smallest absolute Gasteiger partial charge is 0.119 e. The van der Waals surface area contributed by atoms with Crippen molar-refractivity contribution in [2.75, 3.05) is 33.0 Å². The molecule has 5 aromatic rings. The van der Waals surface area contributed by atoms with Crippen molar-refractivity contribution in [1.82, 2.24) is 0 Å². The van der Waals surface area contributed by atoms with E-state index in [9.17, 15) is 0 Å². The van der Waals surface area contributed by atoms with Gasteiger partial charge in [0, 0.05) is 24.5 Å². The quantitative estimate of drug-likeness (QED) is 0.0289. The predicted octanol–water partition coefficient (Wildman–Crippen LogP) is 32.8. The van der Waals surface area contributed by atoms with Crippen LogP contribution in [0.1, 0.15) is 324 Å². The number of rotatable bonds is 40. The Morgan fingerprint density at radius 3 is 0.445 bits per heavy atom.